The van der Waals surface area contributed by atoms with Gasteiger partial charge in [0.25, 0.3) is 0 Å². The lowest BCUT2D eigenvalue weighted by molar-refractivity contribution is 0.331. The number of hydrogen-bond acceptors (Lipinski definition) is 3. The summed E-state index contributed by atoms with van der Waals surface area (Å²) in [7, 11) is 2.07. The van der Waals surface area contributed by atoms with Crippen molar-refractivity contribution in [2.75, 3.05) is 13.6 Å². The number of azide groups is 2. The van der Waals surface area contributed by atoms with Crippen LogP contribution in [0, 0.1) is 0 Å². The van der Waals surface area contributed by atoms with E-state index in [1.807, 2.05) is 48.5 Å². The summed E-state index contributed by atoms with van der Waals surface area (Å²) >= 11 is 0. The van der Waals surface area contributed by atoms with Gasteiger partial charge >= 0.3 is 0 Å². The topological polar surface area (TPSA) is 101 Å². The fourth-order valence-electron chi connectivity index (χ4n) is 2.21. The van der Waals surface area contributed by atoms with Crippen molar-refractivity contribution in [2.24, 2.45) is 10.2 Å². The first-order valence-corrected chi connectivity index (χ1v) is 7.18. The molecular weight excluding hydrogens is 290 g/mol. The molecule has 23 heavy (non-hydrogen) atoms. The molecule has 0 aliphatic carbocycles. The van der Waals surface area contributed by atoms with Crippen molar-refractivity contribution in [1.29, 1.82) is 0 Å². The lowest BCUT2D eigenvalue weighted by Gasteiger charge is -2.16. The van der Waals surface area contributed by atoms with Crippen molar-refractivity contribution in [3.63, 3.8) is 0 Å². The quantitative estimate of drug-likeness (QED) is 0.389. The second kappa shape index (κ2) is 8.46. The molecular formula is C16H17N7. The Hall–Kier alpha value is -2.98. The van der Waals surface area contributed by atoms with Gasteiger partial charge in [-0.25, -0.2) is 0 Å². The summed E-state index contributed by atoms with van der Waals surface area (Å²) in [5.74, 6) is 0. The monoisotopic (exact) mass is 307 g/mol. The molecule has 2 aromatic rings. The van der Waals surface area contributed by atoms with Crippen LogP contribution in [0.4, 0.5) is 11.4 Å². The minimum atomic E-state index is 0.624. The fraction of sp³-hybridized carbons (Fsp3) is 0.250. The van der Waals surface area contributed by atoms with Gasteiger partial charge in [-0.05, 0) is 35.7 Å². The van der Waals surface area contributed by atoms with E-state index in [2.05, 4.69) is 32.0 Å². The first-order chi connectivity index (χ1) is 11.2. The molecule has 0 spiro atoms. The van der Waals surface area contributed by atoms with Gasteiger partial charge in [0.2, 0.25) is 0 Å². The lowest BCUT2D eigenvalue weighted by Crippen LogP contribution is -2.20. The molecule has 0 fully saturated rings. The van der Waals surface area contributed by atoms with Crippen LogP contribution in [0.25, 0.3) is 20.9 Å². The fourth-order valence-corrected chi connectivity index (χ4v) is 2.21. The molecule has 0 atom stereocenters. The maximum absolute atomic E-state index is 8.39. The molecule has 0 saturated heterocycles. The average Bonchev–Trinajstić information content (AvgIpc) is 2.57. The summed E-state index contributed by atoms with van der Waals surface area (Å²) in [4.78, 5) is 7.76. The summed E-state index contributed by atoms with van der Waals surface area (Å²) in [5.41, 5.74) is 20.4. The summed E-state index contributed by atoms with van der Waals surface area (Å²) in [6.45, 7) is 1.74. The molecule has 0 heterocycles. The van der Waals surface area contributed by atoms with E-state index in [0.29, 0.717) is 11.4 Å². The molecule has 116 valence electrons. The van der Waals surface area contributed by atoms with Crippen molar-refractivity contribution in [3.8, 4) is 0 Å². The van der Waals surface area contributed by atoms with Gasteiger partial charge in [-0.1, -0.05) is 58.8 Å². The zero-order valence-electron chi connectivity index (χ0n) is 12.9. The Bertz CT molecular complexity index is 724. The Morgan fingerprint density at radius 3 is 1.78 bits per heavy atom. The molecule has 0 saturated carbocycles. The zero-order chi connectivity index (χ0) is 16.5. The van der Waals surface area contributed by atoms with Gasteiger partial charge in [0.05, 0.1) is 0 Å². The molecule has 2 rings (SSSR count). The normalized spacial score (nSPS) is 10.0. The average molecular weight is 307 g/mol. The Labute approximate surface area is 134 Å². The van der Waals surface area contributed by atoms with E-state index >= 15 is 0 Å². The predicted octanol–water partition coefficient (Wildman–Crippen LogP) is 5.24. The highest BCUT2D eigenvalue weighted by Crippen LogP contribution is 2.15. The summed E-state index contributed by atoms with van der Waals surface area (Å²) < 4.78 is 0. The standard InChI is InChI=1S/C16H17N7/c1-23(12-14-4-8-16(9-5-14)20-22-18)11-10-13-2-6-15(7-3-13)19-21-17/h2-9H,10-12H2,1H3. The van der Waals surface area contributed by atoms with Crippen LogP contribution < -0.4 is 0 Å². The van der Waals surface area contributed by atoms with Crippen LogP contribution in [-0.4, -0.2) is 18.5 Å². The van der Waals surface area contributed by atoms with E-state index in [1.54, 1.807) is 0 Å². The highest BCUT2D eigenvalue weighted by molar-refractivity contribution is 5.39. The van der Waals surface area contributed by atoms with Crippen LogP contribution in [-0.2, 0) is 13.0 Å². The third kappa shape index (κ3) is 5.37. The van der Waals surface area contributed by atoms with E-state index in [0.717, 1.165) is 19.5 Å². The van der Waals surface area contributed by atoms with Crippen LogP contribution in [0.3, 0.4) is 0 Å². The minimum absolute atomic E-state index is 0.624. The third-order valence-electron chi connectivity index (χ3n) is 3.43. The maximum Gasteiger partial charge on any atom is 0.0375 e. The second-order valence-electron chi connectivity index (χ2n) is 5.20. The van der Waals surface area contributed by atoms with Crippen molar-refractivity contribution >= 4 is 11.4 Å². The Morgan fingerprint density at radius 1 is 0.826 bits per heavy atom. The van der Waals surface area contributed by atoms with Crippen molar-refractivity contribution in [2.45, 2.75) is 13.0 Å². The van der Waals surface area contributed by atoms with E-state index in [1.165, 1.54) is 11.1 Å². The molecule has 0 N–H and O–H groups in total. The van der Waals surface area contributed by atoms with E-state index in [9.17, 15) is 0 Å². The van der Waals surface area contributed by atoms with E-state index in [-0.39, 0.29) is 0 Å². The largest absolute Gasteiger partial charge is 0.302 e. The number of hydrogen-bond donors (Lipinski definition) is 0. The third-order valence-corrected chi connectivity index (χ3v) is 3.43. The van der Waals surface area contributed by atoms with Crippen molar-refractivity contribution in [3.05, 3.63) is 80.5 Å². The number of rotatable bonds is 7. The van der Waals surface area contributed by atoms with Gasteiger partial charge < -0.3 is 4.90 Å². The first-order valence-electron chi connectivity index (χ1n) is 7.18. The molecule has 0 unspecified atom stereocenters. The summed E-state index contributed by atoms with van der Waals surface area (Å²) in [5, 5.41) is 7.12. The SMILES string of the molecule is CN(CCc1ccc(N=[N+]=[N-])cc1)Cc1ccc(N=[N+]=[N-])cc1. The second-order valence-corrected chi connectivity index (χ2v) is 5.20. The lowest BCUT2D eigenvalue weighted by atomic mass is 10.1. The molecule has 0 aliphatic heterocycles. The van der Waals surface area contributed by atoms with Gasteiger partial charge in [0, 0.05) is 34.3 Å². The number of nitrogens with zero attached hydrogens (tertiary/aromatic N) is 7. The van der Waals surface area contributed by atoms with E-state index in [4.69, 9.17) is 11.1 Å². The van der Waals surface area contributed by atoms with Gasteiger partial charge in [-0.2, -0.15) is 0 Å². The Morgan fingerprint density at radius 2 is 1.30 bits per heavy atom. The van der Waals surface area contributed by atoms with Crippen LogP contribution >= 0.6 is 0 Å². The summed E-state index contributed by atoms with van der Waals surface area (Å²) in [6, 6.07) is 15.2. The molecule has 2 aromatic carbocycles. The van der Waals surface area contributed by atoms with Gasteiger partial charge in [-0.15, -0.1) is 0 Å². The van der Waals surface area contributed by atoms with Crippen LogP contribution in [0.5, 0.6) is 0 Å². The molecule has 0 radical (unpaired) electrons. The molecule has 0 amide bonds. The van der Waals surface area contributed by atoms with E-state index < -0.39 is 0 Å². The van der Waals surface area contributed by atoms with Crippen LogP contribution in [0.2, 0.25) is 0 Å². The minimum Gasteiger partial charge on any atom is -0.302 e. The predicted molar refractivity (Wildman–Crippen MR) is 90.5 cm³/mol. The highest BCUT2D eigenvalue weighted by atomic mass is 15.1. The summed E-state index contributed by atoms with van der Waals surface area (Å²) in [6.07, 6.45) is 0.920. The van der Waals surface area contributed by atoms with Gasteiger partial charge in [0.1, 0.15) is 0 Å². The maximum atomic E-state index is 8.39. The van der Waals surface area contributed by atoms with Crippen molar-refractivity contribution < 1.29 is 0 Å². The highest BCUT2D eigenvalue weighted by Gasteiger charge is 2.02. The molecule has 7 heteroatoms. The molecule has 7 nitrogen and oxygen atoms in total. The van der Waals surface area contributed by atoms with Gasteiger partial charge in [0.15, 0.2) is 0 Å². The van der Waals surface area contributed by atoms with Crippen LogP contribution in [0.15, 0.2) is 58.8 Å². The smallest absolute Gasteiger partial charge is 0.0375 e. The van der Waals surface area contributed by atoms with Crippen LogP contribution in [0.1, 0.15) is 11.1 Å². The Kier molecular flexibility index (Phi) is 6.03. The molecule has 0 bridgehead atoms. The molecule has 0 aromatic heterocycles. The zero-order valence-corrected chi connectivity index (χ0v) is 12.9. The number of benzene rings is 2. The first kappa shape index (κ1) is 16.4. The van der Waals surface area contributed by atoms with Gasteiger partial charge in [-0.3, -0.25) is 0 Å². The number of likely N-dealkylation sites (N-methyl/N-ethyl adjacent to an activating group) is 1. The Balaban J connectivity index is 1.85. The molecule has 0 aliphatic rings. The van der Waals surface area contributed by atoms with Crippen molar-refractivity contribution in [1.82, 2.24) is 4.90 Å².